The van der Waals surface area contributed by atoms with Gasteiger partial charge in [-0.3, -0.25) is 14.8 Å². The lowest BCUT2D eigenvalue weighted by Crippen LogP contribution is -2.40. The molecular weight excluding hydrogens is 342 g/mol. The average molecular weight is 365 g/mol. The lowest BCUT2D eigenvalue weighted by atomic mass is 10.0. The molecule has 2 aromatic heterocycles. The van der Waals surface area contributed by atoms with Gasteiger partial charge in [-0.05, 0) is 25.0 Å². The van der Waals surface area contributed by atoms with Crippen LogP contribution >= 0.6 is 0 Å². The Morgan fingerprint density at radius 3 is 2.93 bits per heavy atom. The number of hydrogen-bond donors (Lipinski definition) is 4. The summed E-state index contributed by atoms with van der Waals surface area (Å²) in [6.45, 7) is 3.19. The van der Waals surface area contributed by atoms with Crippen LogP contribution < -0.4 is 21.9 Å². The molecule has 0 spiro atoms. The molecule has 8 heteroatoms. The Labute approximate surface area is 157 Å². The Hall–Kier alpha value is -2.97. The maximum absolute atomic E-state index is 12.5. The Balaban J connectivity index is 1.38. The van der Waals surface area contributed by atoms with Gasteiger partial charge in [0.1, 0.15) is 5.52 Å². The zero-order chi connectivity index (χ0) is 18.8. The van der Waals surface area contributed by atoms with Gasteiger partial charge in [-0.1, -0.05) is 30.3 Å². The van der Waals surface area contributed by atoms with Crippen LogP contribution in [0, 0.1) is 0 Å². The van der Waals surface area contributed by atoms with E-state index in [2.05, 4.69) is 38.3 Å². The molecule has 1 fully saturated rings. The highest BCUT2D eigenvalue weighted by molar-refractivity contribution is 5.96. The molecule has 0 saturated carbocycles. The first-order valence-corrected chi connectivity index (χ1v) is 9.11. The van der Waals surface area contributed by atoms with Crippen molar-refractivity contribution in [3.8, 4) is 0 Å². The highest BCUT2D eigenvalue weighted by atomic mass is 16.1. The maximum Gasteiger partial charge on any atom is 0.252 e. The summed E-state index contributed by atoms with van der Waals surface area (Å²) in [7, 11) is 0. The topological polar surface area (TPSA) is 110 Å². The third kappa shape index (κ3) is 3.49. The summed E-state index contributed by atoms with van der Waals surface area (Å²) in [5.41, 5.74) is 15.5. The highest BCUT2D eigenvalue weighted by Crippen LogP contribution is 2.21. The van der Waals surface area contributed by atoms with Gasteiger partial charge in [-0.15, -0.1) is 0 Å². The van der Waals surface area contributed by atoms with E-state index in [1.807, 2.05) is 29.7 Å². The molecule has 1 saturated heterocycles. The van der Waals surface area contributed by atoms with Crippen molar-refractivity contribution < 1.29 is 4.79 Å². The van der Waals surface area contributed by atoms with Crippen molar-refractivity contribution in [1.82, 2.24) is 30.7 Å². The van der Waals surface area contributed by atoms with Crippen molar-refractivity contribution in [3.05, 3.63) is 53.7 Å². The molecule has 3 aromatic rings. The lowest BCUT2D eigenvalue weighted by molar-refractivity contribution is 0.0950. The third-order valence-corrected chi connectivity index (χ3v) is 4.89. The molecule has 0 bridgehead atoms. The van der Waals surface area contributed by atoms with Crippen molar-refractivity contribution in [2.24, 2.45) is 0 Å². The number of aryl methyl sites for hydroxylation is 1. The van der Waals surface area contributed by atoms with Gasteiger partial charge >= 0.3 is 0 Å². The minimum atomic E-state index is -0.168. The number of pyridine rings is 1. The van der Waals surface area contributed by atoms with Crippen LogP contribution in [0.2, 0.25) is 0 Å². The van der Waals surface area contributed by atoms with Crippen LogP contribution in [0.5, 0.6) is 0 Å². The second kappa shape index (κ2) is 7.34. The summed E-state index contributed by atoms with van der Waals surface area (Å²) in [6, 6.07) is 12.4. The number of benzene rings is 1. The summed E-state index contributed by atoms with van der Waals surface area (Å²) in [5.74, 6) is 0.240. The number of carbonyl (C=O) groups excluding carboxylic acids is 1. The SMILES string of the molecule is CCn1c(N)nc2cc(C(=O)NCC3CC(c4ccccc4)NN3)cnc21. The molecule has 0 aliphatic carbocycles. The zero-order valence-corrected chi connectivity index (χ0v) is 15.1. The van der Waals surface area contributed by atoms with Crippen molar-refractivity contribution in [2.45, 2.75) is 32.0 Å². The molecule has 2 atom stereocenters. The van der Waals surface area contributed by atoms with Gasteiger partial charge in [-0.25, -0.2) is 15.4 Å². The first kappa shape index (κ1) is 17.4. The first-order valence-electron chi connectivity index (χ1n) is 9.11. The molecule has 2 unspecified atom stereocenters. The number of carbonyl (C=O) groups is 1. The summed E-state index contributed by atoms with van der Waals surface area (Å²) < 4.78 is 1.81. The van der Waals surface area contributed by atoms with Crippen LogP contribution in [0.1, 0.15) is 35.3 Å². The van der Waals surface area contributed by atoms with Gasteiger partial charge in [0.2, 0.25) is 5.95 Å². The van der Waals surface area contributed by atoms with Crippen LogP contribution in [-0.2, 0) is 6.54 Å². The van der Waals surface area contributed by atoms with E-state index in [0.717, 1.165) is 6.42 Å². The Morgan fingerprint density at radius 1 is 1.33 bits per heavy atom. The fourth-order valence-corrected chi connectivity index (χ4v) is 3.44. The zero-order valence-electron chi connectivity index (χ0n) is 15.1. The van der Waals surface area contributed by atoms with Crippen molar-refractivity contribution in [3.63, 3.8) is 0 Å². The van der Waals surface area contributed by atoms with E-state index < -0.39 is 0 Å². The molecule has 3 heterocycles. The van der Waals surface area contributed by atoms with Crippen LogP contribution in [0.4, 0.5) is 5.95 Å². The van der Waals surface area contributed by atoms with Crippen molar-refractivity contribution in [1.29, 1.82) is 0 Å². The Morgan fingerprint density at radius 2 is 2.15 bits per heavy atom. The minimum Gasteiger partial charge on any atom is -0.369 e. The molecule has 1 aliphatic rings. The van der Waals surface area contributed by atoms with E-state index in [1.54, 1.807) is 12.3 Å². The number of amides is 1. The smallest absolute Gasteiger partial charge is 0.252 e. The number of aromatic nitrogens is 3. The fraction of sp³-hybridized carbons (Fsp3) is 0.316. The molecule has 1 aliphatic heterocycles. The van der Waals surface area contributed by atoms with Crippen LogP contribution in [0.3, 0.4) is 0 Å². The second-order valence-electron chi connectivity index (χ2n) is 6.68. The fourth-order valence-electron chi connectivity index (χ4n) is 3.44. The number of imidazole rings is 1. The van der Waals surface area contributed by atoms with Crippen LogP contribution in [0.15, 0.2) is 42.6 Å². The quantitative estimate of drug-likeness (QED) is 0.544. The standard InChI is InChI=1S/C19H23N7O/c1-2-26-17-16(23-19(26)20)8-13(10-21-17)18(27)22-11-14-9-15(25-24-14)12-6-4-3-5-7-12/h3-8,10,14-15,24-25H,2,9,11H2,1H3,(H2,20,23)(H,22,27). The normalized spacial score (nSPS) is 19.4. The summed E-state index contributed by atoms with van der Waals surface area (Å²) >= 11 is 0. The average Bonchev–Trinajstić information content (AvgIpc) is 3.29. The molecule has 5 N–H and O–H groups in total. The van der Waals surface area contributed by atoms with Gasteiger partial charge < -0.3 is 11.1 Å². The number of nitrogens with one attached hydrogen (secondary N) is 3. The molecule has 0 radical (unpaired) electrons. The van der Waals surface area contributed by atoms with Crippen molar-refractivity contribution in [2.75, 3.05) is 12.3 Å². The molecule has 1 aromatic carbocycles. The van der Waals surface area contributed by atoms with Gasteiger partial charge in [0, 0.05) is 31.4 Å². The van der Waals surface area contributed by atoms with E-state index in [9.17, 15) is 4.79 Å². The van der Waals surface area contributed by atoms with Gasteiger partial charge in [-0.2, -0.15) is 0 Å². The monoisotopic (exact) mass is 365 g/mol. The highest BCUT2D eigenvalue weighted by Gasteiger charge is 2.25. The number of rotatable bonds is 5. The molecular formula is C19H23N7O. The van der Waals surface area contributed by atoms with E-state index in [0.29, 0.717) is 35.8 Å². The van der Waals surface area contributed by atoms with Gasteiger partial charge in [0.05, 0.1) is 5.56 Å². The van der Waals surface area contributed by atoms with E-state index in [4.69, 9.17) is 5.73 Å². The Kier molecular flexibility index (Phi) is 4.74. The largest absolute Gasteiger partial charge is 0.369 e. The minimum absolute atomic E-state index is 0.158. The molecule has 4 rings (SSSR count). The predicted octanol–water partition coefficient (Wildman–Crippen LogP) is 1.37. The summed E-state index contributed by atoms with van der Waals surface area (Å²) in [5, 5.41) is 2.97. The molecule has 27 heavy (non-hydrogen) atoms. The second-order valence-corrected chi connectivity index (χ2v) is 6.68. The van der Waals surface area contributed by atoms with E-state index >= 15 is 0 Å². The number of anilines is 1. The van der Waals surface area contributed by atoms with Gasteiger partial charge in [0.25, 0.3) is 5.91 Å². The van der Waals surface area contributed by atoms with Crippen LogP contribution in [0.25, 0.3) is 11.2 Å². The molecule has 140 valence electrons. The maximum atomic E-state index is 12.5. The number of nitrogens with two attached hydrogens (primary N) is 1. The number of hydrogen-bond acceptors (Lipinski definition) is 6. The van der Waals surface area contributed by atoms with E-state index in [-0.39, 0.29) is 18.0 Å². The van der Waals surface area contributed by atoms with E-state index in [1.165, 1.54) is 5.56 Å². The summed E-state index contributed by atoms with van der Waals surface area (Å²) in [4.78, 5) is 21.1. The summed E-state index contributed by atoms with van der Waals surface area (Å²) in [6.07, 6.45) is 2.47. The number of nitrogens with zero attached hydrogens (tertiary/aromatic N) is 3. The lowest BCUT2D eigenvalue weighted by Gasteiger charge is -2.11. The first-order chi connectivity index (χ1) is 13.2. The van der Waals surface area contributed by atoms with Crippen molar-refractivity contribution >= 4 is 23.0 Å². The number of nitrogen functional groups attached to an aromatic ring is 1. The molecule has 8 nitrogen and oxygen atoms in total. The number of fused-ring (bicyclic) bond motifs is 1. The van der Waals surface area contributed by atoms with Crippen LogP contribution in [-0.4, -0.2) is 33.0 Å². The van der Waals surface area contributed by atoms with Gasteiger partial charge in [0.15, 0.2) is 5.65 Å². The molecule has 1 amide bonds. The third-order valence-electron chi connectivity index (χ3n) is 4.89. The predicted molar refractivity (Wildman–Crippen MR) is 104 cm³/mol. The number of hydrazine groups is 1. The Bertz CT molecular complexity index is 953.